The number of carbonyl (C=O) groups excluding carboxylic acids is 2. The van der Waals surface area contributed by atoms with Crippen LogP contribution in [-0.2, 0) is 22.3 Å². The van der Waals surface area contributed by atoms with Crippen LogP contribution in [0.1, 0.15) is 24.0 Å². The second-order valence-corrected chi connectivity index (χ2v) is 8.25. The Hall–Kier alpha value is -3.23. The normalized spacial score (nSPS) is 19.0. The molecule has 2 aromatic rings. The number of hydrogen-bond donors (Lipinski definition) is 0. The van der Waals surface area contributed by atoms with Crippen LogP contribution in [0.3, 0.4) is 0 Å². The van der Waals surface area contributed by atoms with Crippen LogP contribution in [0, 0.1) is 0 Å². The predicted molar refractivity (Wildman–Crippen MR) is 117 cm³/mol. The molecule has 2 aromatic carbocycles. The van der Waals surface area contributed by atoms with Gasteiger partial charge in [-0.25, -0.2) is 4.79 Å². The summed E-state index contributed by atoms with van der Waals surface area (Å²) in [5.41, 5.74) is 0.677. The van der Waals surface area contributed by atoms with Gasteiger partial charge in [-0.3, -0.25) is 9.69 Å². The SMILES string of the molecule is O=C([C@H]1CCCN1C(=O)OCc1ccccc1)N1CCN(c2cccc(C(F)(F)F)c2)CC1. The Balaban J connectivity index is 1.33. The zero-order valence-corrected chi connectivity index (χ0v) is 18.1. The van der Waals surface area contributed by atoms with E-state index < -0.39 is 23.9 Å². The lowest BCUT2D eigenvalue weighted by Crippen LogP contribution is -2.54. The van der Waals surface area contributed by atoms with Gasteiger partial charge in [0.15, 0.2) is 0 Å². The minimum absolute atomic E-state index is 0.132. The Morgan fingerprint density at radius 2 is 1.67 bits per heavy atom. The first kappa shape index (κ1) is 22.9. The minimum Gasteiger partial charge on any atom is -0.445 e. The maximum Gasteiger partial charge on any atom is 0.416 e. The number of likely N-dealkylation sites (tertiary alicyclic amines) is 1. The van der Waals surface area contributed by atoms with Gasteiger partial charge in [-0.05, 0) is 36.6 Å². The summed E-state index contributed by atoms with van der Waals surface area (Å²) in [6.45, 7) is 2.24. The largest absolute Gasteiger partial charge is 0.445 e. The molecule has 1 atom stereocenters. The van der Waals surface area contributed by atoms with Gasteiger partial charge in [0.1, 0.15) is 12.6 Å². The van der Waals surface area contributed by atoms with Gasteiger partial charge in [-0.1, -0.05) is 36.4 Å². The van der Waals surface area contributed by atoms with Gasteiger partial charge in [0.2, 0.25) is 5.91 Å². The van der Waals surface area contributed by atoms with E-state index in [1.807, 2.05) is 35.2 Å². The second kappa shape index (κ2) is 9.72. The summed E-state index contributed by atoms with van der Waals surface area (Å²) in [4.78, 5) is 30.8. The molecule has 0 aromatic heterocycles. The standard InChI is InChI=1S/C24H26F3N3O3/c25-24(26,27)19-8-4-9-20(16-19)28-12-14-29(15-13-28)22(31)21-10-5-11-30(21)23(32)33-17-18-6-2-1-3-7-18/h1-4,6-9,16,21H,5,10-15,17H2/t21-/m1/s1. The van der Waals surface area contributed by atoms with Crippen molar-refractivity contribution in [1.82, 2.24) is 9.80 Å². The first-order chi connectivity index (χ1) is 15.8. The molecule has 0 aliphatic carbocycles. The van der Waals surface area contributed by atoms with Gasteiger partial charge in [0, 0.05) is 38.4 Å². The second-order valence-electron chi connectivity index (χ2n) is 8.25. The molecule has 2 aliphatic rings. The topological polar surface area (TPSA) is 53.1 Å². The van der Waals surface area contributed by atoms with Gasteiger partial charge in [-0.15, -0.1) is 0 Å². The molecule has 2 heterocycles. The zero-order valence-electron chi connectivity index (χ0n) is 18.1. The van der Waals surface area contributed by atoms with E-state index in [1.165, 1.54) is 11.0 Å². The van der Waals surface area contributed by atoms with Crippen LogP contribution in [0.25, 0.3) is 0 Å². The maximum absolute atomic E-state index is 13.1. The summed E-state index contributed by atoms with van der Waals surface area (Å²) in [7, 11) is 0. The van der Waals surface area contributed by atoms with Crippen molar-refractivity contribution in [1.29, 1.82) is 0 Å². The van der Waals surface area contributed by atoms with Gasteiger partial charge >= 0.3 is 12.3 Å². The van der Waals surface area contributed by atoms with Gasteiger partial charge in [-0.2, -0.15) is 13.2 Å². The molecule has 176 valence electrons. The molecule has 33 heavy (non-hydrogen) atoms. The molecule has 6 nitrogen and oxygen atoms in total. The summed E-state index contributed by atoms with van der Waals surface area (Å²) in [6.07, 6.45) is -3.60. The van der Waals surface area contributed by atoms with E-state index in [4.69, 9.17) is 4.74 Å². The minimum atomic E-state index is -4.39. The highest BCUT2D eigenvalue weighted by Crippen LogP contribution is 2.32. The number of alkyl halides is 3. The number of hydrogen-bond acceptors (Lipinski definition) is 4. The van der Waals surface area contributed by atoms with Crippen LogP contribution >= 0.6 is 0 Å². The summed E-state index contributed by atoms with van der Waals surface area (Å²) in [5.74, 6) is -0.132. The fourth-order valence-electron chi connectivity index (χ4n) is 4.32. The van der Waals surface area contributed by atoms with Crippen LogP contribution in [-0.4, -0.2) is 60.6 Å². The number of rotatable bonds is 4. The maximum atomic E-state index is 13.1. The van der Waals surface area contributed by atoms with Gasteiger partial charge < -0.3 is 14.5 Å². The smallest absolute Gasteiger partial charge is 0.416 e. The number of carbonyl (C=O) groups is 2. The lowest BCUT2D eigenvalue weighted by molar-refractivity contribution is -0.137. The van der Waals surface area contributed by atoms with E-state index in [0.29, 0.717) is 44.8 Å². The van der Waals surface area contributed by atoms with Crippen LogP contribution in [0.15, 0.2) is 54.6 Å². The van der Waals surface area contributed by atoms with Crippen molar-refractivity contribution in [2.45, 2.75) is 31.7 Å². The van der Waals surface area contributed by atoms with E-state index in [2.05, 4.69) is 0 Å². The van der Waals surface area contributed by atoms with Crippen LogP contribution in [0.5, 0.6) is 0 Å². The molecule has 2 aliphatic heterocycles. The molecule has 9 heteroatoms. The summed E-state index contributed by atoms with van der Waals surface area (Å²) in [5, 5.41) is 0. The third-order valence-electron chi connectivity index (χ3n) is 6.11. The van der Waals surface area contributed by atoms with Crippen molar-refractivity contribution in [3.8, 4) is 0 Å². The zero-order chi connectivity index (χ0) is 23.4. The van der Waals surface area contributed by atoms with Crippen LogP contribution < -0.4 is 4.90 Å². The lowest BCUT2D eigenvalue weighted by atomic mass is 10.1. The van der Waals surface area contributed by atoms with E-state index >= 15 is 0 Å². The molecule has 0 unspecified atom stereocenters. The molecule has 2 fully saturated rings. The van der Waals surface area contributed by atoms with Crippen molar-refractivity contribution in [3.63, 3.8) is 0 Å². The van der Waals surface area contributed by atoms with E-state index in [0.717, 1.165) is 24.1 Å². The number of anilines is 1. The molecule has 0 N–H and O–H groups in total. The first-order valence-corrected chi connectivity index (χ1v) is 11.0. The fraction of sp³-hybridized carbons (Fsp3) is 0.417. The van der Waals surface area contributed by atoms with Crippen molar-refractivity contribution in [2.24, 2.45) is 0 Å². The molecular formula is C24H26F3N3O3. The van der Waals surface area contributed by atoms with Crippen LogP contribution in [0.4, 0.5) is 23.7 Å². The molecule has 2 amide bonds. The van der Waals surface area contributed by atoms with Crippen molar-refractivity contribution in [3.05, 3.63) is 65.7 Å². The van der Waals surface area contributed by atoms with Crippen molar-refractivity contribution in [2.75, 3.05) is 37.6 Å². The Labute approximate surface area is 190 Å². The Morgan fingerprint density at radius 1 is 0.939 bits per heavy atom. The molecule has 0 radical (unpaired) electrons. The lowest BCUT2D eigenvalue weighted by Gasteiger charge is -2.38. The average molecular weight is 461 g/mol. The number of amides is 2. The highest BCUT2D eigenvalue weighted by atomic mass is 19.4. The molecule has 4 rings (SSSR count). The van der Waals surface area contributed by atoms with E-state index in [9.17, 15) is 22.8 Å². The van der Waals surface area contributed by atoms with Gasteiger partial charge in [0.05, 0.1) is 5.56 Å². The quantitative estimate of drug-likeness (QED) is 0.687. The number of ether oxygens (including phenoxy) is 1. The van der Waals surface area contributed by atoms with Crippen molar-refractivity contribution < 1.29 is 27.5 Å². The highest BCUT2D eigenvalue weighted by molar-refractivity contribution is 5.86. The summed E-state index contributed by atoms with van der Waals surface area (Å²) >= 11 is 0. The molecule has 0 saturated carbocycles. The number of nitrogens with zero attached hydrogens (tertiary/aromatic N) is 3. The molecular weight excluding hydrogens is 435 g/mol. The van der Waals surface area contributed by atoms with E-state index in [1.54, 1.807) is 11.0 Å². The Kier molecular flexibility index (Phi) is 6.76. The Bertz CT molecular complexity index is 976. The highest BCUT2D eigenvalue weighted by Gasteiger charge is 2.38. The Morgan fingerprint density at radius 3 is 2.36 bits per heavy atom. The average Bonchev–Trinajstić information content (AvgIpc) is 3.32. The van der Waals surface area contributed by atoms with E-state index in [-0.39, 0.29) is 12.5 Å². The predicted octanol–water partition coefficient (Wildman–Crippen LogP) is 4.16. The number of halogens is 3. The fourth-order valence-corrected chi connectivity index (χ4v) is 4.32. The van der Waals surface area contributed by atoms with Crippen molar-refractivity contribution >= 4 is 17.7 Å². The summed E-state index contributed by atoms with van der Waals surface area (Å²) < 4.78 is 44.5. The third kappa shape index (κ3) is 5.40. The summed E-state index contributed by atoms with van der Waals surface area (Å²) in [6, 6.07) is 14.0. The third-order valence-corrected chi connectivity index (χ3v) is 6.11. The molecule has 2 saturated heterocycles. The molecule has 0 spiro atoms. The monoisotopic (exact) mass is 461 g/mol. The first-order valence-electron chi connectivity index (χ1n) is 11.0. The van der Waals surface area contributed by atoms with Gasteiger partial charge in [0.25, 0.3) is 0 Å². The van der Waals surface area contributed by atoms with Crippen LogP contribution in [0.2, 0.25) is 0 Å². The number of benzene rings is 2. The number of piperazine rings is 1. The molecule has 0 bridgehead atoms.